The van der Waals surface area contributed by atoms with Gasteiger partial charge in [0.15, 0.2) is 4.60 Å². The summed E-state index contributed by atoms with van der Waals surface area (Å²) in [6, 6.07) is 4.60. The fourth-order valence-electron chi connectivity index (χ4n) is 1.47. The molecule has 1 aromatic carbocycles. The first-order chi connectivity index (χ1) is 8.00. The molecule has 2 rings (SSSR count). The molecule has 6 heteroatoms. The molecule has 1 aromatic heterocycles. The van der Waals surface area contributed by atoms with E-state index < -0.39 is 0 Å². The summed E-state index contributed by atoms with van der Waals surface area (Å²) in [6.07, 6.45) is 1.51. The number of aromatic nitrogens is 2. The normalized spacial score (nSPS) is 10.6. The molecule has 0 aliphatic rings. The van der Waals surface area contributed by atoms with Gasteiger partial charge in [0.1, 0.15) is 10.4 Å². The van der Waals surface area contributed by atoms with Gasteiger partial charge in [0, 0.05) is 11.8 Å². The minimum atomic E-state index is -0.349. The Labute approximate surface area is 114 Å². The molecule has 2 aromatic rings. The van der Waals surface area contributed by atoms with Crippen molar-refractivity contribution < 1.29 is 4.39 Å². The third-order valence-corrected chi connectivity index (χ3v) is 3.23. The highest BCUT2D eigenvalue weighted by Gasteiger charge is 2.10. The first-order valence-electron chi connectivity index (χ1n) is 4.71. The van der Waals surface area contributed by atoms with E-state index in [0.717, 1.165) is 0 Å². The average Bonchev–Trinajstić information content (AvgIpc) is 2.27. The minimum Gasteiger partial charge on any atom is -0.279 e. The molecule has 0 N–H and O–H groups in total. The Bertz CT molecular complexity index is 640. The van der Waals surface area contributed by atoms with E-state index in [1.807, 2.05) is 0 Å². The summed E-state index contributed by atoms with van der Waals surface area (Å²) in [4.78, 5) is 15.8. The molecule has 3 nitrogen and oxygen atoms in total. The molecule has 0 fully saturated rings. The zero-order chi connectivity index (χ0) is 12.6. The highest BCUT2D eigenvalue weighted by molar-refractivity contribution is 9.11. The van der Waals surface area contributed by atoms with Gasteiger partial charge in [0.25, 0.3) is 5.56 Å². The Morgan fingerprint density at radius 1 is 1.35 bits per heavy atom. The predicted molar refractivity (Wildman–Crippen MR) is 69.9 cm³/mol. The lowest BCUT2D eigenvalue weighted by molar-refractivity contribution is 0.616. The second-order valence-corrected chi connectivity index (χ2v) is 4.98. The second-order valence-electron chi connectivity index (χ2n) is 3.41. The van der Waals surface area contributed by atoms with Gasteiger partial charge in [0.05, 0.1) is 5.69 Å². The van der Waals surface area contributed by atoms with Crippen LogP contribution in [0.4, 0.5) is 4.39 Å². The van der Waals surface area contributed by atoms with Gasteiger partial charge in [-0.1, -0.05) is 6.07 Å². The van der Waals surface area contributed by atoms with E-state index >= 15 is 0 Å². The van der Waals surface area contributed by atoms with Crippen molar-refractivity contribution in [1.29, 1.82) is 0 Å². The number of halogens is 3. The van der Waals surface area contributed by atoms with Crippen LogP contribution >= 0.6 is 31.9 Å². The molecule has 0 atom stereocenters. The van der Waals surface area contributed by atoms with Crippen LogP contribution in [0.2, 0.25) is 0 Å². The Morgan fingerprint density at radius 2 is 2.06 bits per heavy atom. The van der Waals surface area contributed by atoms with Crippen molar-refractivity contribution in [2.45, 2.75) is 6.92 Å². The van der Waals surface area contributed by atoms with Crippen LogP contribution in [0.5, 0.6) is 0 Å². The maximum Gasteiger partial charge on any atom is 0.288 e. The maximum atomic E-state index is 13.4. The standard InChI is InChI=1S/C11H7Br2FN2O/c1-6-7(14)3-2-4-8(6)16-5-9(12)15-10(13)11(16)17/h2-5H,1H3. The van der Waals surface area contributed by atoms with E-state index in [2.05, 4.69) is 36.8 Å². The van der Waals surface area contributed by atoms with Gasteiger partial charge in [-0.25, -0.2) is 9.37 Å². The van der Waals surface area contributed by atoms with Gasteiger partial charge in [-0.05, 0) is 50.9 Å². The third kappa shape index (κ3) is 2.32. The first kappa shape index (κ1) is 12.4. The summed E-state index contributed by atoms with van der Waals surface area (Å²) in [5.41, 5.74) is 0.584. The van der Waals surface area contributed by atoms with E-state index in [0.29, 0.717) is 15.9 Å². The van der Waals surface area contributed by atoms with Crippen molar-refractivity contribution in [3.05, 3.63) is 55.3 Å². The van der Waals surface area contributed by atoms with Gasteiger partial charge in [-0.2, -0.15) is 0 Å². The fraction of sp³-hybridized carbons (Fsp3) is 0.0909. The van der Waals surface area contributed by atoms with E-state index in [-0.39, 0.29) is 16.0 Å². The van der Waals surface area contributed by atoms with Crippen LogP contribution < -0.4 is 5.56 Å². The summed E-state index contributed by atoms with van der Waals surface area (Å²) in [6.45, 7) is 1.62. The van der Waals surface area contributed by atoms with Crippen LogP contribution in [0, 0.1) is 12.7 Å². The topological polar surface area (TPSA) is 34.9 Å². The Morgan fingerprint density at radius 3 is 2.76 bits per heavy atom. The summed E-state index contributed by atoms with van der Waals surface area (Å²) in [5, 5.41) is 0. The molecule has 0 amide bonds. The lowest BCUT2D eigenvalue weighted by Crippen LogP contribution is -2.20. The lowest BCUT2D eigenvalue weighted by Gasteiger charge is -2.10. The van der Waals surface area contributed by atoms with Crippen LogP contribution in [0.15, 0.2) is 38.4 Å². The average molecular weight is 362 g/mol. The van der Waals surface area contributed by atoms with Crippen LogP contribution in [-0.4, -0.2) is 9.55 Å². The SMILES string of the molecule is Cc1c(F)cccc1-n1cc(Br)nc(Br)c1=O. The van der Waals surface area contributed by atoms with Crippen molar-refractivity contribution in [2.75, 3.05) is 0 Å². The van der Waals surface area contributed by atoms with Crippen molar-refractivity contribution >= 4 is 31.9 Å². The zero-order valence-electron chi connectivity index (χ0n) is 8.75. The monoisotopic (exact) mass is 360 g/mol. The molecule has 0 unspecified atom stereocenters. The van der Waals surface area contributed by atoms with Crippen molar-refractivity contribution in [1.82, 2.24) is 9.55 Å². The lowest BCUT2D eigenvalue weighted by atomic mass is 10.2. The van der Waals surface area contributed by atoms with Crippen LogP contribution in [0.25, 0.3) is 5.69 Å². The zero-order valence-corrected chi connectivity index (χ0v) is 11.9. The van der Waals surface area contributed by atoms with Gasteiger partial charge < -0.3 is 0 Å². The molecule has 0 saturated heterocycles. The number of hydrogen-bond acceptors (Lipinski definition) is 2. The highest BCUT2D eigenvalue weighted by atomic mass is 79.9. The molecular formula is C11H7Br2FN2O. The Hall–Kier alpha value is -1.01. The molecule has 0 aliphatic heterocycles. The summed E-state index contributed by atoms with van der Waals surface area (Å²) < 4.78 is 15.5. The van der Waals surface area contributed by atoms with Gasteiger partial charge >= 0.3 is 0 Å². The second kappa shape index (κ2) is 4.70. The number of rotatable bonds is 1. The molecule has 0 spiro atoms. The molecule has 88 valence electrons. The van der Waals surface area contributed by atoms with Gasteiger partial charge in [-0.3, -0.25) is 9.36 Å². The molecule has 0 bridgehead atoms. The van der Waals surface area contributed by atoms with E-state index in [4.69, 9.17) is 0 Å². The summed E-state index contributed by atoms with van der Waals surface area (Å²) in [7, 11) is 0. The van der Waals surface area contributed by atoms with E-state index in [9.17, 15) is 9.18 Å². The minimum absolute atomic E-state index is 0.176. The number of nitrogens with zero attached hydrogens (tertiary/aromatic N) is 2. The Kier molecular flexibility index (Phi) is 3.44. The fourth-order valence-corrected chi connectivity index (χ4v) is 2.47. The third-order valence-electron chi connectivity index (χ3n) is 2.33. The number of hydrogen-bond donors (Lipinski definition) is 0. The van der Waals surface area contributed by atoms with Crippen LogP contribution in [0.1, 0.15) is 5.56 Å². The smallest absolute Gasteiger partial charge is 0.279 e. The molecule has 1 heterocycles. The summed E-state index contributed by atoms with van der Waals surface area (Å²) in [5.74, 6) is -0.349. The first-order valence-corrected chi connectivity index (χ1v) is 6.29. The van der Waals surface area contributed by atoms with Crippen molar-refractivity contribution in [2.24, 2.45) is 0 Å². The van der Waals surface area contributed by atoms with Gasteiger partial charge in [0.2, 0.25) is 0 Å². The van der Waals surface area contributed by atoms with Crippen molar-refractivity contribution in [3.63, 3.8) is 0 Å². The van der Waals surface area contributed by atoms with E-state index in [1.54, 1.807) is 19.1 Å². The van der Waals surface area contributed by atoms with Crippen LogP contribution in [-0.2, 0) is 0 Å². The quantitative estimate of drug-likeness (QED) is 0.781. The molecule has 0 saturated carbocycles. The molecule has 17 heavy (non-hydrogen) atoms. The number of benzene rings is 1. The maximum absolute atomic E-state index is 13.4. The molecule has 0 radical (unpaired) electrons. The largest absolute Gasteiger partial charge is 0.288 e. The molecular weight excluding hydrogens is 355 g/mol. The van der Waals surface area contributed by atoms with Crippen LogP contribution in [0.3, 0.4) is 0 Å². The van der Waals surface area contributed by atoms with Gasteiger partial charge in [-0.15, -0.1) is 0 Å². The van der Waals surface area contributed by atoms with Crippen molar-refractivity contribution in [3.8, 4) is 5.69 Å². The Balaban J connectivity index is 2.77. The van der Waals surface area contributed by atoms with E-state index in [1.165, 1.54) is 16.8 Å². The molecule has 0 aliphatic carbocycles. The predicted octanol–water partition coefficient (Wildman–Crippen LogP) is 3.21. The summed E-state index contributed by atoms with van der Waals surface area (Å²) >= 11 is 6.26. The highest BCUT2D eigenvalue weighted by Crippen LogP contribution is 2.17.